The van der Waals surface area contributed by atoms with Gasteiger partial charge in [0, 0.05) is 18.3 Å². The molecule has 186 valence electrons. The molecule has 0 aromatic heterocycles. The summed E-state index contributed by atoms with van der Waals surface area (Å²) >= 11 is 0. The van der Waals surface area contributed by atoms with Crippen LogP contribution in [0.1, 0.15) is 71.6 Å². The van der Waals surface area contributed by atoms with E-state index in [1.165, 1.54) is 11.1 Å². The number of halogens is 3. The molecule has 3 N–H and O–H groups in total. The van der Waals surface area contributed by atoms with Crippen molar-refractivity contribution < 1.29 is 28.5 Å². The molecule has 4 rings (SSSR count). The molecule has 3 fully saturated rings. The third-order valence-electron chi connectivity index (χ3n) is 8.55. The molecule has 4 aliphatic rings. The molecule has 0 bridgehead atoms. The van der Waals surface area contributed by atoms with Gasteiger partial charge in [0.05, 0.1) is 12.2 Å². The van der Waals surface area contributed by atoms with Crippen molar-refractivity contribution in [2.75, 3.05) is 0 Å². The average molecular weight is 477 g/mol. The molecule has 0 aliphatic heterocycles. The molecule has 0 saturated heterocycles. The van der Waals surface area contributed by atoms with E-state index in [9.17, 15) is 28.5 Å². The molecule has 6 heteroatoms. The van der Waals surface area contributed by atoms with Crippen LogP contribution in [0.15, 0.2) is 47.1 Å². The largest absolute Gasteiger partial charge is 0.428 e. The SMILES string of the molecule is C=C1/C(=C\C=C2/CCC[C@]3(C)C(C4(CC#CC(C)(O)C(F)(F)F)CC4)=CCC23)CC(O)C[C@@H]1O. The summed E-state index contributed by atoms with van der Waals surface area (Å²) in [5, 5.41) is 29.8. The second-order valence-corrected chi connectivity index (χ2v) is 11.1. The fraction of sp³-hybridized carbons (Fsp3) is 0.643. The zero-order valence-corrected chi connectivity index (χ0v) is 20.0. The Kier molecular flexibility index (Phi) is 6.46. The van der Waals surface area contributed by atoms with Gasteiger partial charge in [0.1, 0.15) is 0 Å². The van der Waals surface area contributed by atoms with Gasteiger partial charge in [0.15, 0.2) is 0 Å². The molecule has 0 spiro atoms. The summed E-state index contributed by atoms with van der Waals surface area (Å²) in [6.07, 6.45) is 7.37. The lowest BCUT2D eigenvalue weighted by atomic mass is 9.61. The van der Waals surface area contributed by atoms with Crippen LogP contribution in [0.2, 0.25) is 0 Å². The van der Waals surface area contributed by atoms with Gasteiger partial charge in [0.2, 0.25) is 5.60 Å². The van der Waals surface area contributed by atoms with Gasteiger partial charge >= 0.3 is 6.18 Å². The van der Waals surface area contributed by atoms with Gasteiger partial charge in [-0.25, -0.2) is 0 Å². The number of hydrogen-bond acceptors (Lipinski definition) is 3. The Morgan fingerprint density at radius 3 is 2.56 bits per heavy atom. The third-order valence-corrected chi connectivity index (χ3v) is 8.55. The normalized spacial score (nSPS) is 37.0. The molecule has 3 saturated carbocycles. The zero-order chi connectivity index (χ0) is 24.9. The van der Waals surface area contributed by atoms with Gasteiger partial charge in [-0.2, -0.15) is 13.2 Å². The maximum atomic E-state index is 13.0. The summed E-state index contributed by atoms with van der Waals surface area (Å²) < 4.78 is 38.9. The summed E-state index contributed by atoms with van der Waals surface area (Å²) in [7, 11) is 0. The average Bonchev–Trinajstić information content (AvgIpc) is 3.41. The van der Waals surface area contributed by atoms with E-state index in [0.29, 0.717) is 37.7 Å². The van der Waals surface area contributed by atoms with Crippen molar-refractivity contribution >= 4 is 0 Å². The Morgan fingerprint density at radius 2 is 1.91 bits per heavy atom. The van der Waals surface area contributed by atoms with Crippen molar-refractivity contribution in [2.45, 2.75) is 95.6 Å². The van der Waals surface area contributed by atoms with Crippen LogP contribution in [-0.4, -0.2) is 39.3 Å². The molecule has 3 nitrogen and oxygen atoms in total. The molecular weight excluding hydrogens is 441 g/mol. The molecule has 0 radical (unpaired) electrons. The van der Waals surface area contributed by atoms with Crippen molar-refractivity contribution in [2.24, 2.45) is 16.7 Å². The Labute approximate surface area is 200 Å². The summed E-state index contributed by atoms with van der Waals surface area (Å²) in [4.78, 5) is 0. The first-order valence-electron chi connectivity index (χ1n) is 12.2. The van der Waals surface area contributed by atoms with Crippen molar-refractivity contribution in [3.8, 4) is 11.8 Å². The molecule has 0 heterocycles. The molecule has 5 atom stereocenters. The van der Waals surface area contributed by atoms with Gasteiger partial charge in [-0.05, 0) is 74.3 Å². The summed E-state index contributed by atoms with van der Waals surface area (Å²) in [6, 6.07) is 0. The molecule has 4 aliphatic carbocycles. The van der Waals surface area contributed by atoms with Crippen molar-refractivity contribution in [1.82, 2.24) is 0 Å². The van der Waals surface area contributed by atoms with Gasteiger partial charge in [0.25, 0.3) is 0 Å². The number of hydrogen-bond donors (Lipinski definition) is 3. The summed E-state index contributed by atoms with van der Waals surface area (Å²) in [5.74, 6) is 5.08. The van der Waals surface area contributed by atoms with E-state index < -0.39 is 24.0 Å². The molecule has 0 aromatic carbocycles. The minimum Gasteiger partial charge on any atom is -0.393 e. The predicted octanol–water partition coefficient (Wildman–Crippen LogP) is 5.53. The topological polar surface area (TPSA) is 60.7 Å². The quantitative estimate of drug-likeness (QED) is 0.371. The van der Waals surface area contributed by atoms with Gasteiger partial charge < -0.3 is 15.3 Å². The lowest BCUT2D eigenvalue weighted by Crippen LogP contribution is -2.40. The van der Waals surface area contributed by atoms with E-state index >= 15 is 0 Å². The van der Waals surface area contributed by atoms with Crippen LogP contribution < -0.4 is 0 Å². The highest BCUT2D eigenvalue weighted by molar-refractivity contribution is 5.42. The lowest BCUT2D eigenvalue weighted by molar-refractivity contribution is -0.228. The van der Waals surface area contributed by atoms with E-state index in [-0.39, 0.29) is 10.8 Å². The number of alkyl halides is 3. The van der Waals surface area contributed by atoms with Crippen LogP contribution in [0.3, 0.4) is 0 Å². The fourth-order valence-corrected chi connectivity index (χ4v) is 6.26. The Bertz CT molecular complexity index is 1000. The van der Waals surface area contributed by atoms with Crippen LogP contribution in [0.25, 0.3) is 0 Å². The summed E-state index contributed by atoms with van der Waals surface area (Å²) in [5.41, 5.74) is 1.03. The molecule has 0 amide bonds. The van der Waals surface area contributed by atoms with E-state index in [2.05, 4.69) is 37.5 Å². The van der Waals surface area contributed by atoms with Gasteiger partial charge in [-0.15, -0.1) is 0 Å². The minimum atomic E-state index is -4.77. The zero-order valence-electron chi connectivity index (χ0n) is 20.0. The maximum Gasteiger partial charge on any atom is 0.428 e. The number of rotatable bonds is 3. The monoisotopic (exact) mass is 476 g/mol. The smallest absolute Gasteiger partial charge is 0.393 e. The van der Waals surface area contributed by atoms with Crippen LogP contribution in [0, 0.1) is 28.6 Å². The molecular formula is C28H35F3O3. The number of allylic oxidation sites excluding steroid dienone is 5. The fourth-order valence-electron chi connectivity index (χ4n) is 6.26. The Hall–Kier alpha value is -1.81. The van der Waals surface area contributed by atoms with Crippen molar-refractivity contribution in [3.63, 3.8) is 0 Å². The second kappa shape index (κ2) is 8.69. The highest BCUT2D eigenvalue weighted by Gasteiger charge is 2.56. The first-order valence-corrected chi connectivity index (χ1v) is 12.2. The van der Waals surface area contributed by atoms with Gasteiger partial charge in [-0.3, -0.25) is 0 Å². The van der Waals surface area contributed by atoms with Crippen LogP contribution in [0.4, 0.5) is 13.2 Å². The van der Waals surface area contributed by atoms with E-state index in [1.807, 2.05) is 6.08 Å². The number of fused-ring (bicyclic) bond motifs is 1. The van der Waals surface area contributed by atoms with Crippen LogP contribution in [-0.2, 0) is 0 Å². The first-order chi connectivity index (χ1) is 15.8. The van der Waals surface area contributed by atoms with E-state index in [4.69, 9.17) is 0 Å². The standard InChI is InChI=1S/C28H35F3O3/c1-18-20(16-21(32)17-23(18)33)8-7-19-6-4-11-25(2)22(19)9-10-24(25)27(14-15-27)13-5-12-26(3,34)28(29,30)31/h7-8,10,21-23,32-34H,1,4,6,9,11,13-17H2,2-3H3/b19-7+,20-8-/t21?,22?,23-,25-,26?/m0/s1. The molecule has 34 heavy (non-hydrogen) atoms. The van der Waals surface area contributed by atoms with Crippen molar-refractivity contribution in [3.05, 3.63) is 47.1 Å². The Morgan fingerprint density at radius 1 is 1.21 bits per heavy atom. The number of aliphatic hydroxyl groups excluding tert-OH is 2. The lowest BCUT2D eigenvalue weighted by Gasteiger charge is -2.43. The summed E-state index contributed by atoms with van der Waals surface area (Å²) in [6.45, 7) is 6.99. The third kappa shape index (κ3) is 4.55. The Balaban J connectivity index is 1.52. The van der Waals surface area contributed by atoms with Crippen molar-refractivity contribution in [1.29, 1.82) is 0 Å². The molecule has 0 aromatic rings. The van der Waals surface area contributed by atoms with E-state index in [0.717, 1.165) is 44.1 Å². The highest BCUT2D eigenvalue weighted by atomic mass is 19.4. The van der Waals surface area contributed by atoms with E-state index in [1.54, 1.807) is 0 Å². The van der Waals surface area contributed by atoms with Gasteiger partial charge in [-0.1, -0.05) is 54.7 Å². The highest BCUT2D eigenvalue weighted by Crippen LogP contribution is 2.67. The minimum absolute atomic E-state index is 0.0457. The number of aliphatic hydroxyl groups is 3. The maximum absolute atomic E-state index is 13.0. The predicted molar refractivity (Wildman–Crippen MR) is 125 cm³/mol. The molecule has 3 unspecified atom stereocenters. The van der Waals surface area contributed by atoms with Crippen LogP contribution in [0.5, 0.6) is 0 Å². The second-order valence-electron chi connectivity index (χ2n) is 11.1. The first kappa shape index (κ1) is 25.3. The van der Waals surface area contributed by atoms with Crippen LogP contribution >= 0.6 is 0 Å².